The van der Waals surface area contributed by atoms with Gasteiger partial charge < -0.3 is 4.74 Å². The van der Waals surface area contributed by atoms with E-state index in [1.807, 2.05) is 19.9 Å². The number of hydrogen-bond donors (Lipinski definition) is 0. The lowest BCUT2D eigenvalue weighted by atomic mass is 10.3. The lowest BCUT2D eigenvalue weighted by Gasteiger charge is -2.02. The van der Waals surface area contributed by atoms with Gasteiger partial charge in [-0.05, 0) is 33.6 Å². The first-order chi connectivity index (χ1) is 6.22. The number of ether oxygens (including phenoxy) is 1. The average molecular weight is 182 g/mol. The van der Waals surface area contributed by atoms with Gasteiger partial charge in [-0.15, -0.1) is 0 Å². The second-order valence-electron chi connectivity index (χ2n) is 2.82. The molecule has 0 rings (SSSR count). The van der Waals surface area contributed by atoms with Gasteiger partial charge in [-0.25, -0.2) is 4.79 Å². The van der Waals surface area contributed by atoms with Crippen LogP contribution >= 0.6 is 0 Å². The Morgan fingerprint density at radius 2 is 2.08 bits per heavy atom. The van der Waals surface area contributed by atoms with E-state index >= 15 is 0 Å². The van der Waals surface area contributed by atoms with Crippen LogP contribution in [0, 0.1) is 0 Å². The average Bonchev–Trinajstić information content (AvgIpc) is 2.16. The molecule has 0 heterocycles. The monoisotopic (exact) mass is 182 g/mol. The fraction of sp³-hybridized carbons (Fsp3) is 0.545. The Balaban J connectivity index is 3.49. The first-order valence-electron chi connectivity index (χ1n) is 4.63. The van der Waals surface area contributed by atoms with E-state index in [1.54, 1.807) is 13.0 Å². The van der Waals surface area contributed by atoms with Crippen LogP contribution in [0.4, 0.5) is 0 Å². The minimum absolute atomic E-state index is 0.206. The van der Waals surface area contributed by atoms with Gasteiger partial charge in [0.2, 0.25) is 0 Å². The summed E-state index contributed by atoms with van der Waals surface area (Å²) < 4.78 is 5.00. The highest BCUT2D eigenvalue weighted by atomic mass is 16.5. The fourth-order valence-corrected chi connectivity index (χ4v) is 0.764. The topological polar surface area (TPSA) is 26.3 Å². The molecule has 0 aliphatic carbocycles. The zero-order chi connectivity index (χ0) is 10.1. The van der Waals surface area contributed by atoms with Gasteiger partial charge in [-0.3, -0.25) is 0 Å². The quantitative estimate of drug-likeness (QED) is 0.283. The third-order valence-electron chi connectivity index (χ3n) is 1.74. The van der Waals surface area contributed by atoms with Crippen LogP contribution in [0.2, 0.25) is 0 Å². The molecule has 0 aromatic heterocycles. The van der Waals surface area contributed by atoms with E-state index in [9.17, 15) is 4.79 Å². The summed E-state index contributed by atoms with van der Waals surface area (Å²) in [6.45, 7) is 6.08. The molecule has 0 N–H and O–H groups in total. The second-order valence-corrected chi connectivity index (χ2v) is 2.82. The molecule has 0 atom stereocenters. The molecular formula is C11H18O2. The molecule has 0 spiro atoms. The van der Waals surface area contributed by atoms with E-state index in [0.29, 0.717) is 12.2 Å². The first kappa shape index (κ1) is 11.9. The number of allylic oxidation sites excluding steroid dienone is 3. The van der Waals surface area contributed by atoms with Gasteiger partial charge in [0.1, 0.15) is 0 Å². The van der Waals surface area contributed by atoms with Gasteiger partial charge >= 0.3 is 5.97 Å². The van der Waals surface area contributed by atoms with Crippen molar-refractivity contribution in [1.29, 1.82) is 0 Å². The summed E-state index contributed by atoms with van der Waals surface area (Å²) in [7, 11) is 0. The predicted molar refractivity (Wildman–Crippen MR) is 54.4 cm³/mol. The Bertz CT molecular complexity index is 202. The van der Waals surface area contributed by atoms with Crippen molar-refractivity contribution in [2.45, 2.75) is 33.6 Å². The van der Waals surface area contributed by atoms with E-state index in [4.69, 9.17) is 4.74 Å². The van der Waals surface area contributed by atoms with Crippen LogP contribution in [0.1, 0.15) is 33.6 Å². The molecule has 0 aliphatic rings. The Kier molecular flexibility index (Phi) is 6.98. The smallest absolute Gasteiger partial charge is 0.333 e. The van der Waals surface area contributed by atoms with Gasteiger partial charge in [-0.1, -0.05) is 18.2 Å². The van der Waals surface area contributed by atoms with E-state index < -0.39 is 0 Å². The SMILES string of the molecule is C/C=C\CCCOC(=O)/C(C)=C\C. The molecule has 0 saturated carbocycles. The van der Waals surface area contributed by atoms with Crippen LogP contribution in [-0.2, 0) is 9.53 Å². The van der Waals surface area contributed by atoms with Crippen molar-refractivity contribution in [3.8, 4) is 0 Å². The Morgan fingerprint density at radius 3 is 2.62 bits per heavy atom. The fourth-order valence-electron chi connectivity index (χ4n) is 0.764. The normalized spacial score (nSPS) is 12.1. The van der Waals surface area contributed by atoms with E-state index in [2.05, 4.69) is 6.08 Å². The highest BCUT2D eigenvalue weighted by molar-refractivity contribution is 5.87. The maximum atomic E-state index is 11.1. The van der Waals surface area contributed by atoms with Gasteiger partial charge in [0.05, 0.1) is 6.61 Å². The summed E-state index contributed by atoms with van der Waals surface area (Å²) >= 11 is 0. The molecule has 0 aromatic rings. The van der Waals surface area contributed by atoms with E-state index in [0.717, 1.165) is 12.8 Å². The summed E-state index contributed by atoms with van der Waals surface area (Å²) in [5.41, 5.74) is 0.672. The van der Waals surface area contributed by atoms with Crippen LogP contribution in [0.15, 0.2) is 23.8 Å². The number of unbranched alkanes of at least 4 members (excludes halogenated alkanes) is 1. The van der Waals surface area contributed by atoms with Crippen LogP contribution in [0.3, 0.4) is 0 Å². The summed E-state index contributed by atoms with van der Waals surface area (Å²) in [4.78, 5) is 11.1. The molecule has 0 saturated heterocycles. The molecule has 13 heavy (non-hydrogen) atoms. The molecule has 0 fully saturated rings. The van der Waals surface area contributed by atoms with Crippen molar-refractivity contribution in [2.75, 3.05) is 6.61 Å². The third-order valence-corrected chi connectivity index (χ3v) is 1.74. The first-order valence-corrected chi connectivity index (χ1v) is 4.63. The van der Waals surface area contributed by atoms with Gasteiger partial charge in [0.25, 0.3) is 0 Å². The number of hydrogen-bond acceptors (Lipinski definition) is 2. The molecule has 0 aromatic carbocycles. The zero-order valence-corrected chi connectivity index (χ0v) is 8.67. The van der Waals surface area contributed by atoms with Crippen molar-refractivity contribution in [2.24, 2.45) is 0 Å². The van der Waals surface area contributed by atoms with Crippen molar-refractivity contribution < 1.29 is 9.53 Å². The Morgan fingerprint density at radius 1 is 1.38 bits per heavy atom. The van der Waals surface area contributed by atoms with Gasteiger partial charge in [0, 0.05) is 5.57 Å². The standard InChI is InChI=1S/C11H18O2/c1-4-6-7-8-9-13-11(12)10(3)5-2/h4-6H,7-9H2,1-3H3/b6-4-,10-5-. The molecule has 2 nitrogen and oxygen atoms in total. The number of rotatable bonds is 5. The van der Waals surface area contributed by atoms with Crippen LogP contribution in [0.25, 0.3) is 0 Å². The van der Waals surface area contributed by atoms with Gasteiger partial charge in [0.15, 0.2) is 0 Å². The Hall–Kier alpha value is -1.05. The predicted octanol–water partition coefficient (Wildman–Crippen LogP) is 2.85. The minimum Gasteiger partial charge on any atom is -0.462 e. The van der Waals surface area contributed by atoms with E-state index in [-0.39, 0.29) is 5.97 Å². The van der Waals surface area contributed by atoms with Crippen molar-refractivity contribution in [3.63, 3.8) is 0 Å². The van der Waals surface area contributed by atoms with Crippen LogP contribution in [0.5, 0.6) is 0 Å². The van der Waals surface area contributed by atoms with Crippen LogP contribution < -0.4 is 0 Å². The summed E-state index contributed by atoms with van der Waals surface area (Å²) in [5, 5.41) is 0. The van der Waals surface area contributed by atoms with Crippen molar-refractivity contribution in [3.05, 3.63) is 23.8 Å². The van der Waals surface area contributed by atoms with Gasteiger partial charge in [-0.2, -0.15) is 0 Å². The van der Waals surface area contributed by atoms with Crippen molar-refractivity contribution in [1.82, 2.24) is 0 Å². The highest BCUT2D eigenvalue weighted by Gasteiger charge is 2.02. The zero-order valence-electron chi connectivity index (χ0n) is 8.67. The number of carbonyl (C=O) groups excluding carboxylic acids is 1. The van der Waals surface area contributed by atoms with Crippen LogP contribution in [-0.4, -0.2) is 12.6 Å². The lowest BCUT2D eigenvalue weighted by Crippen LogP contribution is -2.06. The summed E-state index contributed by atoms with van der Waals surface area (Å²) in [6, 6.07) is 0. The molecular weight excluding hydrogens is 164 g/mol. The third kappa shape index (κ3) is 6.14. The number of esters is 1. The number of carbonyl (C=O) groups is 1. The Labute approximate surface area is 80.3 Å². The molecule has 0 radical (unpaired) electrons. The largest absolute Gasteiger partial charge is 0.462 e. The minimum atomic E-state index is -0.206. The molecule has 0 bridgehead atoms. The second kappa shape index (κ2) is 7.59. The molecule has 0 aliphatic heterocycles. The maximum absolute atomic E-state index is 11.1. The molecule has 0 unspecified atom stereocenters. The highest BCUT2D eigenvalue weighted by Crippen LogP contribution is 1.98. The summed E-state index contributed by atoms with van der Waals surface area (Å²) in [5.74, 6) is -0.206. The van der Waals surface area contributed by atoms with Crippen molar-refractivity contribution >= 4 is 5.97 Å². The molecule has 74 valence electrons. The lowest BCUT2D eigenvalue weighted by molar-refractivity contribution is -0.139. The van der Waals surface area contributed by atoms with E-state index in [1.165, 1.54) is 0 Å². The summed E-state index contributed by atoms with van der Waals surface area (Å²) in [6.07, 6.45) is 7.69. The molecule has 2 heteroatoms. The molecule has 0 amide bonds. The maximum Gasteiger partial charge on any atom is 0.333 e.